The van der Waals surface area contributed by atoms with Crippen LogP contribution in [0.1, 0.15) is 22.3 Å². The lowest BCUT2D eigenvalue weighted by Crippen LogP contribution is -2.04. The van der Waals surface area contributed by atoms with E-state index in [1.54, 1.807) is 24.3 Å². The zero-order valence-corrected chi connectivity index (χ0v) is 24.0. The Morgan fingerprint density at radius 2 is 0.804 bits per heavy atom. The van der Waals surface area contributed by atoms with E-state index in [-0.39, 0.29) is 62.6 Å². The van der Waals surface area contributed by atoms with Crippen molar-refractivity contribution in [3.8, 4) is 58.7 Å². The fourth-order valence-corrected chi connectivity index (χ4v) is 7.49. The highest BCUT2D eigenvalue weighted by Gasteiger charge is 2.33. The Bertz CT molecular complexity index is 2290. The Labute approximate surface area is 262 Å². The minimum atomic E-state index is -4.69. The normalized spacial score (nSPS) is 11.1. The maximum absolute atomic E-state index is 13.5. The minimum Gasteiger partial charge on any atom is -0.192 e. The van der Waals surface area contributed by atoms with Gasteiger partial charge in [-0.1, -0.05) is 24.3 Å². The van der Waals surface area contributed by atoms with Crippen LogP contribution >= 0.6 is 22.7 Å². The monoisotopic (exact) mass is 654 g/mol. The number of nitrogens with zero attached hydrogens (tertiary/aromatic N) is 6. The Morgan fingerprint density at radius 3 is 1.04 bits per heavy atom. The van der Waals surface area contributed by atoms with Crippen molar-refractivity contribution < 1.29 is 26.3 Å². The third kappa shape index (κ3) is 4.95. The number of halogens is 6. The molecule has 14 heteroatoms. The Balaban J connectivity index is 2.16. The molecule has 2 heterocycles. The molecule has 0 radical (unpaired) electrons. The van der Waals surface area contributed by atoms with Crippen LogP contribution in [0, 0.1) is 68.0 Å². The second kappa shape index (κ2) is 11.4. The van der Waals surface area contributed by atoms with Crippen LogP contribution in [0.3, 0.4) is 0 Å². The first-order chi connectivity index (χ1) is 21.8. The van der Waals surface area contributed by atoms with Crippen molar-refractivity contribution in [1.82, 2.24) is 0 Å². The lowest BCUT2D eigenvalue weighted by Gasteiger charge is -2.14. The van der Waals surface area contributed by atoms with Crippen molar-refractivity contribution in [2.45, 2.75) is 12.4 Å². The number of hydrogen-bond donors (Lipinski definition) is 0. The van der Waals surface area contributed by atoms with Gasteiger partial charge in [0.25, 0.3) is 0 Å². The van der Waals surface area contributed by atoms with Crippen LogP contribution in [0.25, 0.3) is 53.6 Å². The smallest absolute Gasteiger partial charge is 0.192 e. The predicted molar refractivity (Wildman–Crippen MR) is 156 cm³/mol. The van der Waals surface area contributed by atoms with E-state index in [4.69, 9.17) is 0 Å². The molecule has 0 unspecified atom stereocenters. The number of hydrogen-bond acceptors (Lipinski definition) is 8. The summed E-state index contributed by atoms with van der Waals surface area (Å²) in [5, 5.41) is 59.4. The first kappa shape index (κ1) is 31.3. The van der Waals surface area contributed by atoms with Crippen LogP contribution in [0.15, 0.2) is 48.5 Å². The van der Waals surface area contributed by atoms with Gasteiger partial charge < -0.3 is 0 Å². The summed E-state index contributed by atoms with van der Waals surface area (Å²) in [6.45, 7) is 0. The maximum atomic E-state index is 13.5. The Morgan fingerprint density at radius 1 is 0.500 bits per heavy atom. The molecule has 5 aromatic rings. The van der Waals surface area contributed by atoms with Crippen LogP contribution in [0.5, 0.6) is 0 Å². The van der Waals surface area contributed by atoms with Crippen molar-refractivity contribution >= 4 is 54.0 Å². The topological polar surface area (TPSA) is 143 Å². The second-order valence-electron chi connectivity index (χ2n) is 9.34. The number of alkyl halides is 6. The van der Waals surface area contributed by atoms with E-state index in [0.717, 1.165) is 71.2 Å². The highest BCUT2D eigenvalue weighted by Crippen LogP contribution is 2.49. The maximum Gasteiger partial charge on any atom is 0.416 e. The molecule has 0 aliphatic carbocycles. The van der Waals surface area contributed by atoms with E-state index < -0.39 is 34.6 Å². The van der Waals surface area contributed by atoms with Crippen LogP contribution in [0.2, 0.25) is 0 Å². The van der Waals surface area contributed by atoms with Gasteiger partial charge in [-0.25, -0.2) is 0 Å². The first-order valence-electron chi connectivity index (χ1n) is 12.4. The fraction of sp³-hybridized carbons (Fsp3) is 0.0625. The lowest BCUT2D eigenvalue weighted by molar-refractivity contribution is -0.138. The van der Waals surface area contributed by atoms with E-state index in [1.165, 1.54) is 0 Å². The average molecular weight is 655 g/mol. The van der Waals surface area contributed by atoms with Gasteiger partial charge in [-0.3, -0.25) is 0 Å². The van der Waals surface area contributed by atoms with Crippen LogP contribution in [0.4, 0.5) is 26.3 Å². The predicted octanol–water partition coefficient (Wildman–Crippen LogP) is 7.63. The van der Waals surface area contributed by atoms with Gasteiger partial charge in [-0.2, -0.15) is 57.9 Å². The van der Waals surface area contributed by atoms with Crippen LogP contribution < -0.4 is 9.06 Å². The van der Waals surface area contributed by atoms with E-state index >= 15 is 0 Å². The zero-order chi connectivity index (χ0) is 33.6. The molecule has 0 aliphatic rings. The Hall–Kier alpha value is -6.16. The van der Waals surface area contributed by atoms with Crippen molar-refractivity contribution in [1.29, 1.82) is 31.6 Å². The molecule has 46 heavy (non-hydrogen) atoms. The minimum absolute atomic E-state index is 0.0559. The number of benzene rings is 3. The molecule has 3 aromatic carbocycles. The molecule has 0 spiro atoms. The highest BCUT2D eigenvalue weighted by molar-refractivity contribution is 7.20. The third-order valence-corrected chi connectivity index (χ3v) is 9.35. The quantitative estimate of drug-likeness (QED) is 0.179. The first-order valence-corrected chi connectivity index (χ1v) is 14.1. The third-order valence-electron chi connectivity index (χ3n) is 6.90. The van der Waals surface area contributed by atoms with E-state index in [1.807, 2.05) is 12.1 Å². The number of nitriles is 6. The van der Waals surface area contributed by atoms with Crippen molar-refractivity contribution in [3.05, 3.63) is 79.8 Å². The summed E-state index contributed by atoms with van der Waals surface area (Å²) in [4.78, 5) is 0. The van der Waals surface area contributed by atoms with Gasteiger partial charge in [0.2, 0.25) is 0 Å². The van der Waals surface area contributed by atoms with Gasteiger partial charge in [0.15, 0.2) is 0 Å². The van der Waals surface area contributed by atoms with Gasteiger partial charge in [-0.15, -0.1) is 22.7 Å². The summed E-state index contributed by atoms with van der Waals surface area (Å²) >= 11 is 1.54. The molecule has 0 atom stereocenters. The van der Waals surface area contributed by atoms with Crippen LogP contribution in [-0.4, -0.2) is 0 Å². The molecule has 5 rings (SSSR count). The van der Waals surface area contributed by atoms with Gasteiger partial charge in [0.1, 0.15) is 47.6 Å². The summed E-state index contributed by atoms with van der Waals surface area (Å²) in [6.07, 6.45) is -9.39. The van der Waals surface area contributed by atoms with Gasteiger partial charge >= 0.3 is 12.4 Å². The molecule has 0 N–H and O–H groups in total. The summed E-state index contributed by atoms with van der Waals surface area (Å²) in [7, 11) is 0. The molecule has 6 nitrogen and oxygen atoms in total. The SMILES string of the molecule is N#CC(C#N)=c1sc2c(-c3ccc(C(F)(F)F)cc3)c3c(C#N)c(=C(C#N)C#N)sc3c(-c3ccc(C(F)(F)F)cc3)c2c1C#N. The molecule has 2 aromatic heterocycles. The van der Waals surface area contributed by atoms with Gasteiger partial charge in [-0.05, 0) is 35.4 Å². The van der Waals surface area contributed by atoms with E-state index in [0.29, 0.717) is 0 Å². The number of fused-ring (bicyclic) bond motifs is 2. The summed E-state index contributed by atoms with van der Waals surface area (Å²) < 4.78 is 80.8. The number of thiophene rings is 2. The average Bonchev–Trinajstić information content (AvgIpc) is 3.59. The molecule has 0 fully saturated rings. The Kier molecular flexibility index (Phi) is 7.75. The van der Waals surface area contributed by atoms with Crippen LogP contribution in [-0.2, 0) is 12.4 Å². The van der Waals surface area contributed by atoms with Gasteiger partial charge in [0.05, 0.1) is 31.3 Å². The highest BCUT2D eigenvalue weighted by atomic mass is 32.1. The van der Waals surface area contributed by atoms with Crippen molar-refractivity contribution in [3.63, 3.8) is 0 Å². The molecule has 0 aliphatic heterocycles. The summed E-state index contributed by atoms with van der Waals surface area (Å²) in [6, 6.07) is 18.4. The lowest BCUT2D eigenvalue weighted by atomic mass is 9.89. The zero-order valence-electron chi connectivity index (χ0n) is 22.4. The summed E-state index contributed by atoms with van der Waals surface area (Å²) in [5.74, 6) is 0. The second-order valence-corrected chi connectivity index (χ2v) is 11.4. The molecule has 220 valence electrons. The largest absolute Gasteiger partial charge is 0.416 e. The van der Waals surface area contributed by atoms with Crippen molar-refractivity contribution in [2.24, 2.45) is 0 Å². The van der Waals surface area contributed by atoms with E-state index in [2.05, 4.69) is 0 Å². The molecule has 0 saturated heterocycles. The molecule has 0 bridgehead atoms. The van der Waals surface area contributed by atoms with Crippen molar-refractivity contribution in [2.75, 3.05) is 0 Å². The fourth-order valence-electron chi connectivity index (χ4n) is 4.94. The van der Waals surface area contributed by atoms with E-state index in [9.17, 15) is 57.9 Å². The molecular formula is C32H8F6N6S2. The standard InChI is InChI=1S/C32H8F6N6S2/c33-31(34,35)19-5-1-15(2-6-19)23-25-21(13-43)27(17(9-39)10-40)46-30(25)24(16-3-7-20(8-4-16)32(36,37)38)26-22(14-44)28(45-29(23)26)18(11-41)12-42/h1-8H. The number of rotatable bonds is 2. The summed E-state index contributed by atoms with van der Waals surface area (Å²) in [5.41, 5.74) is -2.89. The van der Waals surface area contributed by atoms with Gasteiger partial charge in [0, 0.05) is 31.3 Å². The molecule has 0 amide bonds. The molecule has 0 saturated carbocycles. The molecular weight excluding hydrogens is 647 g/mol.